The topological polar surface area (TPSA) is 116 Å². The van der Waals surface area contributed by atoms with E-state index < -0.39 is 67.6 Å². The Balaban J connectivity index is 1.26. The van der Waals surface area contributed by atoms with Crippen molar-refractivity contribution in [3.05, 3.63) is 89.0 Å². The molecule has 0 saturated carbocycles. The highest BCUT2D eigenvalue weighted by molar-refractivity contribution is 7.57. The molecule has 1 unspecified atom stereocenters. The van der Waals surface area contributed by atoms with E-state index in [2.05, 4.69) is 0 Å². The fourth-order valence-electron chi connectivity index (χ4n) is 4.92. The van der Waals surface area contributed by atoms with Crippen LogP contribution in [0.15, 0.2) is 60.7 Å². The van der Waals surface area contributed by atoms with Gasteiger partial charge in [-0.05, 0) is 59.4 Å². The van der Waals surface area contributed by atoms with Crippen molar-refractivity contribution in [3.8, 4) is 16.9 Å². The first kappa shape index (κ1) is 26.0. The molecule has 3 aromatic carbocycles. The van der Waals surface area contributed by atoms with E-state index in [0.29, 0.717) is 5.75 Å². The predicted octanol–water partition coefficient (Wildman–Crippen LogP) is 3.58. The maximum atomic E-state index is 13.9. The summed E-state index contributed by atoms with van der Waals surface area (Å²) in [4.78, 5) is 10.4. The monoisotopic (exact) mass is 532 g/mol. The first-order valence-corrected chi connectivity index (χ1v) is 14.0. The lowest BCUT2D eigenvalue weighted by molar-refractivity contribution is -0.272. The second-order valence-electron chi connectivity index (χ2n) is 9.50. The van der Waals surface area contributed by atoms with Crippen LogP contribution in [0, 0.1) is 11.6 Å². The Kier molecular flexibility index (Phi) is 7.20. The summed E-state index contributed by atoms with van der Waals surface area (Å²) in [5.74, 6) is -1.46. The van der Waals surface area contributed by atoms with Crippen LogP contribution in [0.1, 0.15) is 23.1 Å². The van der Waals surface area contributed by atoms with Crippen LogP contribution in [0.2, 0.25) is 0 Å². The molecule has 3 aromatic rings. The maximum Gasteiger partial charge on any atom is 0.229 e. The predicted molar refractivity (Wildman–Crippen MR) is 131 cm³/mol. The first-order valence-electron chi connectivity index (χ1n) is 11.9. The van der Waals surface area contributed by atoms with Crippen LogP contribution >= 0.6 is 7.37 Å². The van der Waals surface area contributed by atoms with E-state index in [9.17, 15) is 33.6 Å². The van der Waals surface area contributed by atoms with Crippen LogP contribution in [0.5, 0.6) is 5.75 Å². The minimum atomic E-state index is -4.08. The van der Waals surface area contributed by atoms with E-state index in [1.165, 1.54) is 5.56 Å². The van der Waals surface area contributed by atoms with Crippen LogP contribution in [0.25, 0.3) is 11.1 Å². The Labute approximate surface area is 212 Å². The molecule has 0 radical (unpaired) electrons. The number of aliphatic hydroxyl groups excluding tert-OH is 3. The second kappa shape index (κ2) is 10.3. The number of halogens is 2. The molecule has 0 bridgehead atoms. The van der Waals surface area contributed by atoms with Gasteiger partial charge in [-0.2, -0.15) is 0 Å². The number of aliphatic hydroxyl groups is 3. The molecule has 0 spiro atoms. The summed E-state index contributed by atoms with van der Waals surface area (Å²) in [5.41, 5.74) is 3.94. The molecular weight excluding hydrogens is 505 g/mol. The summed E-state index contributed by atoms with van der Waals surface area (Å²) in [5, 5.41) is 31.3. The molecule has 1 aliphatic carbocycles. The van der Waals surface area contributed by atoms with Gasteiger partial charge in [0.25, 0.3) is 0 Å². The Bertz CT molecular complexity index is 1330. The Morgan fingerprint density at radius 3 is 2.35 bits per heavy atom. The van der Waals surface area contributed by atoms with Crippen LogP contribution < -0.4 is 4.74 Å². The van der Waals surface area contributed by atoms with Gasteiger partial charge in [-0.3, -0.25) is 4.57 Å². The van der Waals surface area contributed by atoms with Gasteiger partial charge in [-0.1, -0.05) is 36.4 Å². The van der Waals surface area contributed by atoms with Gasteiger partial charge in [0.05, 0.1) is 12.3 Å². The molecule has 1 fully saturated rings. The molecule has 6 atom stereocenters. The van der Waals surface area contributed by atoms with Crippen LogP contribution in [-0.4, -0.2) is 57.1 Å². The lowest BCUT2D eigenvalue weighted by Crippen LogP contribution is -2.59. The Morgan fingerprint density at radius 2 is 1.59 bits per heavy atom. The normalized spacial score (nSPS) is 26.3. The molecule has 4 N–H and O–H groups in total. The van der Waals surface area contributed by atoms with E-state index >= 15 is 0 Å². The Morgan fingerprint density at radius 1 is 0.892 bits per heavy atom. The van der Waals surface area contributed by atoms with Gasteiger partial charge in [0.15, 0.2) is 0 Å². The SMILES string of the molecule is O=P(O)(CC[C@H]1O[C@H](Oc2ccc3c(c2)Cc2ccccc2-3)[C@@H](O)[C@@H](O)[C@@H]1O)Cc1c(F)cccc1F. The zero-order chi connectivity index (χ0) is 26.3. The molecular formula is C27H27F2O7P. The quantitative estimate of drug-likeness (QED) is 0.269. The third-order valence-electron chi connectivity index (χ3n) is 6.92. The van der Waals surface area contributed by atoms with E-state index in [1.54, 1.807) is 6.07 Å². The zero-order valence-electron chi connectivity index (χ0n) is 19.7. The van der Waals surface area contributed by atoms with Gasteiger partial charge in [0.1, 0.15) is 35.7 Å². The largest absolute Gasteiger partial charge is 0.462 e. The van der Waals surface area contributed by atoms with E-state index in [-0.39, 0.29) is 6.42 Å². The molecule has 37 heavy (non-hydrogen) atoms. The number of hydrogen-bond acceptors (Lipinski definition) is 6. The average molecular weight is 532 g/mol. The van der Waals surface area contributed by atoms with Crippen molar-refractivity contribution in [1.82, 2.24) is 0 Å². The van der Waals surface area contributed by atoms with Gasteiger partial charge in [0, 0.05) is 11.7 Å². The van der Waals surface area contributed by atoms with Crippen molar-refractivity contribution < 1.29 is 43.0 Å². The molecule has 196 valence electrons. The third-order valence-corrected chi connectivity index (χ3v) is 8.68. The molecule has 5 rings (SSSR count). The summed E-state index contributed by atoms with van der Waals surface area (Å²) >= 11 is 0. The number of fused-ring (bicyclic) bond motifs is 3. The van der Waals surface area contributed by atoms with Crippen molar-refractivity contribution in [2.24, 2.45) is 0 Å². The van der Waals surface area contributed by atoms with Crippen LogP contribution in [0.4, 0.5) is 8.78 Å². The summed E-state index contributed by atoms with van der Waals surface area (Å²) < 4.78 is 52.1. The second-order valence-corrected chi connectivity index (χ2v) is 12.0. The van der Waals surface area contributed by atoms with Crippen molar-refractivity contribution >= 4 is 7.37 Å². The van der Waals surface area contributed by atoms with Gasteiger partial charge >= 0.3 is 0 Å². The maximum absolute atomic E-state index is 13.9. The van der Waals surface area contributed by atoms with E-state index in [1.807, 2.05) is 36.4 Å². The van der Waals surface area contributed by atoms with Crippen LogP contribution in [-0.2, 0) is 21.9 Å². The highest BCUT2D eigenvalue weighted by Gasteiger charge is 2.45. The minimum absolute atomic E-state index is 0.214. The lowest BCUT2D eigenvalue weighted by atomic mass is 9.97. The molecule has 1 heterocycles. The molecule has 1 aliphatic heterocycles. The van der Waals surface area contributed by atoms with Crippen molar-refractivity contribution in [3.63, 3.8) is 0 Å². The van der Waals surface area contributed by atoms with Crippen LogP contribution in [0.3, 0.4) is 0 Å². The molecule has 10 heteroatoms. The van der Waals surface area contributed by atoms with Gasteiger partial charge in [-0.15, -0.1) is 0 Å². The highest BCUT2D eigenvalue weighted by atomic mass is 31.2. The molecule has 1 saturated heterocycles. The smallest absolute Gasteiger partial charge is 0.229 e. The fourth-order valence-corrected chi connectivity index (χ4v) is 6.53. The zero-order valence-corrected chi connectivity index (χ0v) is 20.6. The lowest BCUT2D eigenvalue weighted by Gasteiger charge is -2.40. The fraction of sp³-hybridized carbons (Fsp3) is 0.333. The van der Waals surface area contributed by atoms with E-state index in [0.717, 1.165) is 41.3 Å². The number of rotatable bonds is 7. The van der Waals surface area contributed by atoms with Crippen molar-refractivity contribution in [2.45, 2.75) is 49.7 Å². The number of ether oxygens (including phenoxy) is 2. The molecule has 2 aliphatic rings. The van der Waals surface area contributed by atoms with Crippen molar-refractivity contribution in [1.29, 1.82) is 0 Å². The van der Waals surface area contributed by atoms with Gasteiger partial charge in [-0.25, -0.2) is 8.78 Å². The van der Waals surface area contributed by atoms with Crippen molar-refractivity contribution in [2.75, 3.05) is 6.16 Å². The third kappa shape index (κ3) is 5.34. The Hall–Kier alpha value is -2.65. The summed E-state index contributed by atoms with van der Waals surface area (Å²) in [6.07, 6.45) is -7.94. The van der Waals surface area contributed by atoms with Gasteiger partial charge < -0.3 is 29.7 Å². The summed E-state index contributed by atoms with van der Waals surface area (Å²) in [6.45, 7) is 0. The molecule has 0 aromatic heterocycles. The average Bonchev–Trinajstić information content (AvgIpc) is 3.24. The number of benzene rings is 3. The summed E-state index contributed by atoms with van der Waals surface area (Å²) in [7, 11) is -4.08. The van der Waals surface area contributed by atoms with Gasteiger partial charge in [0.2, 0.25) is 13.7 Å². The molecule has 7 nitrogen and oxygen atoms in total. The summed E-state index contributed by atoms with van der Waals surface area (Å²) in [6, 6.07) is 16.6. The van der Waals surface area contributed by atoms with E-state index in [4.69, 9.17) is 9.47 Å². The standard InChI is InChI=1S/C27H27F2O7P/c28-21-6-3-7-22(29)20(21)14-37(33,34)11-10-23-24(30)25(31)26(32)27(36-23)35-17-8-9-19-16(13-17)12-15-4-1-2-5-18(15)19/h1-9,13,23-27,30-32H,10-12,14H2,(H,33,34)/t23-,24-,25+,26+,27+/m1/s1. The number of hydrogen-bond donors (Lipinski definition) is 4. The first-order chi connectivity index (χ1) is 17.6. The minimum Gasteiger partial charge on any atom is -0.462 e. The molecule has 0 amide bonds. The highest BCUT2D eigenvalue weighted by Crippen LogP contribution is 2.47.